The lowest BCUT2D eigenvalue weighted by Crippen LogP contribution is -2.28. The summed E-state index contributed by atoms with van der Waals surface area (Å²) in [5.41, 5.74) is 1.78. The molecule has 0 aromatic rings. The molecule has 4 nitrogen and oxygen atoms in total. The molecule has 0 heterocycles. The van der Waals surface area contributed by atoms with Crippen LogP contribution < -0.4 is 0 Å². The molecule has 4 aliphatic rings. The zero-order valence-corrected chi connectivity index (χ0v) is 19.4. The van der Waals surface area contributed by atoms with Gasteiger partial charge in [-0.05, 0) is 60.8 Å². The number of rotatable bonds is 6. The van der Waals surface area contributed by atoms with E-state index in [0.29, 0.717) is 24.2 Å². The Morgan fingerprint density at radius 1 is 0.879 bits per heavy atom. The van der Waals surface area contributed by atoms with Gasteiger partial charge in [0.05, 0.1) is 11.5 Å². The van der Waals surface area contributed by atoms with Crippen LogP contribution in [0.3, 0.4) is 0 Å². The molecule has 0 N–H and O–H groups in total. The highest BCUT2D eigenvalue weighted by molar-refractivity contribution is 5.92. The van der Waals surface area contributed by atoms with E-state index in [2.05, 4.69) is 32.1 Å². The van der Waals surface area contributed by atoms with Crippen LogP contribution in [0.2, 0.25) is 0 Å². The number of ether oxygens (including phenoxy) is 2. The summed E-state index contributed by atoms with van der Waals surface area (Å²) in [6.07, 6.45) is 29.6. The second-order valence-electron chi connectivity index (χ2n) is 9.44. The van der Waals surface area contributed by atoms with Gasteiger partial charge < -0.3 is 9.47 Å². The Morgan fingerprint density at radius 2 is 1.76 bits per heavy atom. The van der Waals surface area contributed by atoms with Crippen molar-refractivity contribution in [1.29, 1.82) is 0 Å². The molecule has 0 aliphatic heterocycles. The van der Waals surface area contributed by atoms with Gasteiger partial charge in [0.2, 0.25) is 0 Å². The molecule has 0 aromatic carbocycles. The first-order valence-electron chi connectivity index (χ1n) is 11.8. The van der Waals surface area contributed by atoms with E-state index in [4.69, 9.17) is 9.47 Å². The summed E-state index contributed by atoms with van der Waals surface area (Å²) in [4.78, 5) is 24.7. The highest BCUT2D eigenvalue weighted by atomic mass is 16.5. The number of hydrogen-bond donors (Lipinski definition) is 0. The lowest BCUT2D eigenvalue weighted by Gasteiger charge is -2.36. The molecule has 3 unspecified atom stereocenters. The van der Waals surface area contributed by atoms with E-state index in [1.54, 1.807) is 0 Å². The van der Waals surface area contributed by atoms with E-state index in [1.807, 2.05) is 60.8 Å². The SMILES string of the molecule is CC(C)(C1=CCC(OC(=O)C2=CCCC=C2)C=C1)C1C=CC(OC(=O)C2C=CC=CC2)=CC1. The van der Waals surface area contributed by atoms with Crippen molar-refractivity contribution in [1.82, 2.24) is 0 Å². The largest absolute Gasteiger partial charge is 0.454 e. The molecule has 0 amide bonds. The van der Waals surface area contributed by atoms with Crippen LogP contribution in [0.15, 0.2) is 95.9 Å². The fourth-order valence-electron chi connectivity index (χ4n) is 4.51. The smallest absolute Gasteiger partial charge is 0.338 e. The Balaban J connectivity index is 1.30. The minimum atomic E-state index is -0.251. The summed E-state index contributed by atoms with van der Waals surface area (Å²) >= 11 is 0. The van der Waals surface area contributed by atoms with E-state index in [0.717, 1.165) is 19.3 Å². The number of allylic oxidation sites excluding steroid dienone is 10. The van der Waals surface area contributed by atoms with Crippen LogP contribution in [-0.2, 0) is 19.1 Å². The number of carbonyl (C=O) groups is 2. The van der Waals surface area contributed by atoms with E-state index in [1.165, 1.54) is 5.57 Å². The molecule has 4 heteroatoms. The normalized spacial score (nSPS) is 26.4. The van der Waals surface area contributed by atoms with Gasteiger partial charge in [-0.25, -0.2) is 4.79 Å². The molecule has 4 aliphatic carbocycles. The van der Waals surface area contributed by atoms with Crippen LogP contribution in [0.4, 0.5) is 0 Å². The van der Waals surface area contributed by atoms with Crippen LogP contribution in [-0.4, -0.2) is 18.0 Å². The molecule has 0 saturated heterocycles. The van der Waals surface area contributed by atoms with E-state index in [9.17, 15) is 9.59 Å². The summed E-state index contributed by atoms with van der Waals surface area (Å²) in [5, 5.41) is 0. The predicted molar refractivity (Wildman–Crippen MR) is 130 cm³/mol. The first-order valence-corrected chi connectivity index (χ1v) is 11.8. The molecule has 3 atom stereocenters. The summed E-state index contributed by atoms with van der Waals surface area (Å²) in [6, 6.07) is 0. The van der Waals surface area contributed by atoms with Crippen molar-refractivity contribution in [3.05, 3.63) is 95.9 Å². The van der Waals surface area contributed by atoms with Gasteiger partial charge in [-0.15, -0.1) is 0 Å². The fraction of sp³-hybridized carbons (Fsp3) is 0.379. The lowest BCUT2D eigenvalue weighted by atomic mass is 9.69. The summed E-state index contributed by atoms with van der Waals surface area (Å²) < 4.78 is 11.3. The third-order valence-corrected chi connectivity index (χ3v) is 6.79. The minimum Gasteiger partial charge on any atom is -0.454 e. The molecule has 33 heavy (non-hydrogen) atoms. The molecule has 0 radical (unpaired) electrons. The molecular weight excluding hydrogens is 412 g/mol. The number of carbonyl (C=O) groups excluding carboxylic acids is 2. The van der Waals surface area contributed by atoms with Gasteiger partial charge in [-0.3, -0.25) is 4.79 Å². The van der Waals surface area contributed by atoms with Gasteiger partial charge in [0.25, 0.3) is 0 Å². The van der Waals surface area contributed by atoms with Crippen LogP contribution >= 0.6 is 0 Å². The van der Waals surface area contributed by atoms with Crippen molar-refractivity contribution in [3.63, 3.8) is 0 Å². The van der Waals surface area contributed by atoms with E-state index >= 15 is 0 Å². The third-order valence-electron chi connectivity index (χ3n) is 6.79. The lowest BCUT2D eigenvalue weighted by molar-refractivity contribution is -0.142. The summed E-state index contributed by atoms with van der Waals surface area (Å²) in [7, 11) is 0. The van der Waals surface area contributed by atoms with Gasteiger partial charge in [0.1, 0.15) is 11.9 Å². The highest BCUT2D eigenvalue weighted by Crippen LogP contribution is 2.42. The van der Waals surface area contributed by atoms with Crippen molar-refractivity contribution >= 4 is 11.9 Å². The van der Waals surface area contributed by atoms with Gasteiger partial charge in [0, 0.05) is 6.42 Å². The van der Waals surface area contributed by atoms with Crippen LogP contribution in [0, 0.1) is 17.3 Å². The average molecular weight is 445 g/mol. The Morgan fingerprint density at radius 3 is 2.39 bits per heavy atom. The van der Waals surface area contributed by atoms with Crippen LogP contribution in [0.1, 0.15) is 46.0 Å². The van der Waals surface area contributed by atoms with Crippen molar-refractivity contribution in [2.75, 3.05) is 0 Å². The van der Waals surface area contributed by atoms with E-state index < -0.39 is 0 Å². The molecule has 0 aromatic heterocycles. The Kier molecular flexibility index (Phi) is 7.12. The topological polar surface area (TPSA) is 52.6 Å². The highest BCUT2D eigenvalue weighted by Gasteiger charge is 2.33. The Bertz CT molecular complexity index is 1030. The summed E-state index contributed by atoms with van der Waals surface area (Å²) in [6.45, 7) is 4.46. The standard InChI is InChI=1S/C29H32O4/c1-29(2,23-13-17-25(18-14-23)32-27(30)21-9-5-3-6-10-21)24-15-19-26(20-16-24)33-28(31)22-11-7-4-8-12-22/h3,5-7,9,11-13,15-19,21,23,26H,4,8,10,14,20H2,1-2H3. The van der Waals surface area contributed by atoms with Gasteiger partial charge in [0.15, 0.2) is 0 Å². The zero-order valence-electron chi connectivity index (χ0n) is 19.4. The molecular formula is C29H32O4. The predicted octanol–water partition coefficient (Wildman–Crippen LogP) is 6.22. The van der Waals surface area contributed by atoms with Crippen molar-refractivity contribution < 1.29 is 19.1 Å². The van der Waals surface area contributed by atoms with E-state index in [-0.39, 0.29) is 35.3 Å². The molecule has 0 saturated carbocycles. The maximum atomic E-state index is 12.4. The molecule has 172 valence electrons. The van der Waals surface area contributed by atoms with Crippen LogP contribution in [0.25, 0.3) is 0 Å². The fourth-order valence-corrected chi connectivity index (χ4v) is 4.51. The minimum absolute atomic E-state index is 0.0977. The Labute approximate surface area is 196 Å². The van der Waals surface area contributed by atoms with Crippen molar-refractivity contribution in [2.45, 2.75) is 52.1 Å². The molecule has 4 rings (SSSR count). The van der Waals surface area contributed by atoms with Crippen molar-refractivity contribution in [3.8, 4) is 0 Å². The van der Waals surface area contributed by atoms with Crippen molar-refractivity contribution in [2.24, 2.45) is 17.3 Å². The number of hydrogen-bond acceptors (Lipinski definition) is 4. The second-order valence-corrected chi connectivity index (χ2v) is 9.44. The van der Waals surface area contributed by atoms with Gasteiger partial charge in [-0.2, -0.15) is 0 Å². The Hall–Kier alpha value is -3.14. The second kappa shape index (κ2) is 10.2. The first kappa shape index (κ1) is 23.0. The van der Waals surface area contributed by atoms with Crippen LogP contribution in [0.5, 0.6) is 0 Å². The molecule has 0 fully saturated rings. The molecule has 0 bridgehead atoms. The third kappa shape index (κ3) is 5.62. The monoisotopic (exact) mass is 444 g/mol. The zero-order chi connectivity index (χ0) is 23.3. The number of esters is 2. The quantitative estimate of drug-likeness (QED) is 0.456. The van der Waals surface area contributed by atoms with Gasteiger partial charge in [-0.1, -0.05) is 74.6 Å². The summed E-state index contributed by atoms with van der Waals surface area (Å²) in [5.74, 6) is 0.246. The maximum absolute atomic E-state index is 12.4. The molecule has 0 spiro atoms. The first-order chi connectivity index (χ1) is 15.9. The average Bonchev–Trinajstić information content (AvgIpc) is 2.86. The van der Waals surface area contributed by atoms with Gasteiger partial charge >= 0.3 is 11.9 Å². The maximum Gasteiger partial charge on any atom is 0.338 e.